The Hall–Kier alpha value is -2.21. The molecule has 0 bridgehead atoms. The van der Waals surface area contributed by atoms with Gasteiger partial charge in [0.25, 0.3) is 5.91 Å². The Bertz CT molecular complexity index is 835. The van der Waals surface area contributed by atoms with Crippen molar-refractivity contribution in [1.82, 2.24) is 25.0 Å². The Balaban J connectivity index is 1.29. The van der Waals surface area contributed by atoms with Gasteiger partial charge in [-0.2, -0.15) is 5.10 Å². The van der Waals surface area contributed by atoms with Gasteiger partial charge in [-0.05, 0) is 68.7 Å². The minimum atomic E-state index is -0.00106. The first-order valence-electron chi connectivity index (χ1n) is 13.2. The van der Waals surface area contributed by atoms with E-state index in [1.54, 1.807) is 17.1 Å². The van der Waals surface area contributed by atoms with E-state index in [0.717, 1.165) is 24.7 Å². The topological polar surface area (TPSA) is 63.1 Å². The van der Waals surface area contributed by atoms with Crippen LogP contribution in [0.1, 0.15) is 87.9 Å². The molecule has 6 nitrogen and oxygen atoms in total. The molecule has 0 aromatic carbocycles. The summed E-state index contributed by atoms with van der Waals surface area (Å²) >= 11 is 0. The Morgan fingerprint density at radius 2 is 2.03 bits per heavy atom. The van der Waals surface area contributed by atoms with Crippen LogP contribution in [0.2, 0.25) is 0 Å². The Morgan fingerprint density at radius 3 is 2.82 bits per heavy atom. The number of aromatic nitrogens is 3. The number of amides is 1. The predicted molar refractivity (Wildman–Crippen MR) is 132 cm³/mol. The molecular formula is C27H41N5O. The Kier molecular flexibility index (Phi) is 8.93. The molecule has 4 rings (SSSR count). The zero-order valence-corrected chi connectivity index (χ0v) is 20.3. The molecule has 2 aliphatic rings. The molecule has 1 amide bonds. The fraction of sp³-hybridized carbons (Fsp3) is 0.667. The Labute approximate surface area is 199 Å². The van der Waals surface area contributed by atoms with E-state index in [4.69, 9.17) is 0 Å². The van der Waals surface area contributed by atoms with Crippen molar-refractivity contribution in [2.45, 2.75) is 83.6 Å². The lowest BCUT2D eigenvalue weighted by atomic mass is 9.83. The molecule has 2 aromatic heterocycles. The summed E-state index contributed by atoms with van der Waals surface area (Å²) in [4.78, 5) is 20.1. The highest BCUT2D eigenvalue weighted by Crippen LogP contribution is 2.29. The molecule has 2 fully saturated rings. The van der Waals surface area contributed by atoms with Gasteiger partial charge < -0.3 is 10.2 Å². The smallest absolute Gasteiger partial charge is 0.253 e. The van der Waals surface area contributed by atoms with Crippen molar-refractivity contribution in [3.05, 3.63) is 42.4 Å². The number of nitrogens with one attached hydrogen (secondary N) is 1. The van der Waals surface area contributed by atoms with E-state index in [-0.39, 0.29) is 11.9 Å². The first kappa shape index (κ1) is 23.9. The number of carbonyl (C=O) groups excluding carboxylic acids is 1. The van der Waals surface area contributed by atoms with Crippen LogP contribution in [-0.2, 0) is 0 Å². The molecule has 1 aliphatic heterocycles. The SMILES string of the molecule is CCCCCCC1CCCN(C[C@@H]2CCCC[C@H]2NC(=O)c2ccc(-n3cccn3)nc2)C1. The van der Waals surface area contributed by atoms with E-state index in [0.29, 0.717) is 11.5 Å². The lowest BCUT2D eigenvalue weighted by molar-refractivity contribution is 0.0852. The quantitative estimate of drug-likeness (QED) is 0.502. The zero-order chi connectivity index (χ0) is 22.9. The number of unbranched alkanes of at least 4 members (excludes halogenated alkanes) is 3. The molecule has 180 valence electrons. The standard InChI is InChI=1S/C27H41N5O/c1-2-3-4-5-10-22-11-8-17-31(20-22)21-24-12-6-7-13-25(24)30-27(33)23-14-15-26(28-19-23)32-18-9-16-29-32/h9,14-16,18-19,22,24-25H,2-8,10-13,17,20-21H2,1H3,(H,30,33)/t22?,24-,25+/m0/s1. The second-order valence-electron chi connectivity index (χ2n) is 10.1. The molecule has 1 N–H and O–H groups in total. The highest BCUT2D eigenvalue weighted by molar-refractivity contribution is 5.94. The molecule has 6 heteroatoms. The number of hydrogen-bond donors (Lipinski definition) is 1. The van der Waals surface area contributed by atoms with Gasteiger partial charge in [0.15, 0.2) is 5.82 Å². The lowest BCUT2D eigenvalue weighted by Crippen LogP contribution is -2.48. The summed E-state index contributed by atoms with van der Waals surface area (Å²) in [6, 6.07) is 5.84. The van der Waals surface area contributed by atoms with Gasteiger partial charge in [-0.3, -0.25) is 4.79 Å². The maximum atomic E-state index is 13.0. The summed E-state index contributed by atoms with van der Waals surface area (Å²) in [5, 5.41) is 7.56. The molecule has 0 radical (unpaired) electrons. The van der Waals surface area contributed by atoms with Crippen molar-refractivity contribution in [3.8, 4) is 5.82 Å². The molecule has 3 heterocycles. The number of hydrogen-bond acceptors (Lipinski definition) is 4. The Morgan fingerprint density at radius 1 is 1.12 bits per heavy atom. The van der Waals surface area contributed by atoms with Crippen molar-refractivity contribution < 1.29 is 4.79 Å². The first-order chi connectivity index (χ1) is 16.2. The van der Waals surface area contributed by atoms with Gasteiger partial charge in [0, 0.05) is 37.7 Å². The average Bonchev–Trinajstić information content (AvgIpc) is 3.39. The van der Waals surface area contributed by atoms with Crippen LogP contribution in [-0.4, -0.2) is 51.2 Å². The zero-order valence-electron chi connectivity index (χ0n) is 20.3. The molecule has 1 aliphatic carbocycles. The second-order valence-corrected chi connectivity index (χ2v) is 10.1. The summed E-state index contributed by atoms with van der Waals surface area (Å²) in [7, 11) is 0. The van der Waals surface area contributed by atoms with E-state index < -0.39 is 0 Å². The summed E-state index contributed by atoms with van der Waals surface area (Å²) in [5.74, 6) is 2.14. The molecule has 2 aromatic rings. The van der Waals surface area contributed by atoms with Crippen molar-refractivity contribution >= 4 is 5.91 Å². The van der Waals surface area contributed by atoms with Crippen LogP contribution in [0.25, 0.3) is 5.82 Å². The average molecular weight is 452 g/mol. The monoisotopic (exact) mass is 451 g/mol. The lowest BCUT2D eigenvalue weighted by Gasteiger charge is -2.39. The molecule has 3 atom stereocenters. The van der Waals surface area contributed by atoms with Crippen LogP contribution < -0.4 is 5.32 Å². The predicted octanol–water partition coefficient (Wildman–Crippen LogP) is 5.24. The fourth-order valence-corrected chi connectivity index (χ4v) is 5.67. The van der Waals surface area contributed by atoms with Crippen molar-refractivity contribution in [2.75, 3.05) is 19.6 Å². The highest BCUT2D eigenvalue weighted by Gasteiger charge is 2.30. The normalized spacial score (nSPS) is 24.0. The molecule has 33 heavy (non-hydrogen) atoms. The van der Waals surface area contributed by atoms with Crippen molar-refractivity contribution in [3.63, 3.8) is 0 Å². The summed E-state index contributed by atoms with van der Waals surface area (Å²) in [6.45, 7) is 5.89. The van der Waals surface area contributed by atoms with Gasteiger partial charge >= 0.3 is 0 Å². The molecular weight excluding hydrogens is 410 g/mol. The van der Waals surface area contributed by atoms with Gasteiger partial charge in [-0.1, -0.05) is 45.4 Å². The van der Waals surface area contributed by atoms with Crippen molar-refractivity contribution in [1.29, 1.82) is 0 Å². The van der Waals surface area contributed by atoms with Crippen LogP contribution in [0.3, 0.4) is 0 Å². The third-order valence-electron chi connectivity index (χ3n) is 7.54. The number of carbonyl (C=O) groups is 1. The van der Waals surface area contributed by atoms with Gasteiger partial charge in [0.2, 0.25) is 0 Å². The molecule has 1 saturated heterocycles. The van der Waals surface area contributed by atoms with Crippen LogP contribution in [0.4, 0.5) is 0 Å². The summed E-state index contributed by atoms with van der Waals surface area (Å²) in [6.07, 6.45) is 19.6. The second kappa shape index (κ2) is 12.3. The fourth-order valence-electron chi connectivity index (χ4n) is 5.67. The van der Waals surface area contributed by atoms with Crippen LogP contribution in [0.15, 0.2) is 36.8 Å². The van der Waals surface area contributed by atoms with Gasteiger partial charge in [0.1, 0.15) is 0 Å². The van der Waals surface area contributed by atoms with E-state index >= 15 is 0 Å². The molecule has 0 spiro atoms. The van der Waals surface area contributed by atoms with E-state index in [9.17, 15) is 4.79 Å². The minimum Gasteiger partial charge on any atom is -0.349 e. The number of nitrogens with zero attached hydrogens (tertiary/aromatic N) is 4. The highest BCUT2D eigenvalue weighted by atomic mass is 16.1. The maximum Gasteiger partial charge on any atom is 0.253 e. The third-order valence-corrected chi connectivity index (χ3v) is 7.54. The molecule has 1 unspecified atom stereocenters. The van der Waals surface area contributed by atoms with Crippen LogP contribution in [0, 0.1) is 11.8 Å². The van der Waals surface area contributed by atoms with E-state index in [1.165, 1.54) is 77.3 Å². The van der Waals surface area contributed by atoms with Gasteiger partial charge in [-0.25, -0.2) is 9.67 Å². The number of pyridine rings is 1. The van der Waals surface area contributed by atoms with Crippen LogP contribution in [0.5, 0.6) is 0 Å². The number of piperidine rings is 1. The van der Waals surface area contributed by atoms with Gasteiger partial charge in [0.05, 0.1) is 5.56 Å². The number of rotatable bonds is 10. The van der Waals surface area contributed by atoms with Crippen molar-refractivity contribution in [2.24, 2.45) is 11.8 Å². The summed E-state index contributed by atoms with van der Waals surface area (Å²) < 4.78 is 1.70. The van der Waals surface area contributed by atoms with E-state index in [1.807, 2.05) is 24.4 Å². The van der Waals surface area contributed by atoms with Crippen LogP contribution >= 0.6 is 0 Å². The molecule has 1 saturated carbocycles. The first-order valence-corrected chi connectivity index (χ1v) is 13.2. The summed E-state index contributed by atoms with van der Waals surface area (Å²) in [5.41, 5.74) is 0.625. The third kappa shape index (κ3) is 6.89. The largest absolute Gasteiger partial charge is 0.349 e. The van der Waals surface area contributed by atoms with E-state index in [2.05, 4.69) is 27.2 Å². The number of likely N-dealkylation sites (tertiary alicyclic amines) is 1. The minimum absolute atomic E-state index is 0.00106. The maximum absolute atomic E-state index is 13.0. The van der Waals surface area contributed by atoms with Gasteiger partial charge in [-0.15, -0.1) is 0 Å².